The van der Waals surface area contributed by atoms with Gasteiger partial charge in [0, 0.05) is 19.0 Å². The number of carbonyl (C=O) groups is 1. The monoisotopic (exact) mass is 394 g/mol. The normalized spacial score (nSPS) is 12.9. The number of nitrogens with one attached hydrogen (secondary N) is 1. The Bertz CT molecular complexity index is 966. The molecule has 144 valence electrons. The summed E-state index contributed by atoms with van der Waals surface area (Å²) in [5.74, 6) is 0.836. The average molecular weight is 394 g/mol. The molecule has 0 radical (unpaired) electrons. The first kappa shape index (κ1) is 18.7. The molecule has 1 aliphatic heterocycles. The van der Waals surface area contributed by atoms with E-state index >= 15 is 0 Å². The van der Waals surface area contributed by atoms with Crippen LogP contribution in [0.3, 0.4) is 0 Å². The van der Waals surface area contributed by atoms with Gasteiger partial charge in [0.05, 0.1) is 13.2 Å². The van der Waals surface area contributed by atoms with Crippen LogP contribution in [0.1, 0.15) is 33.0 Å². The average Bonchev–Trinajstić information content (AvgIpc) is 3.21. The lowest BCUT2D eigenvalue weighted by atomic mass is 9.98. The van der Waals surface area contributed by atoms with Gasteiger partial charge in [-0.2, -0.15) is 0 Å². The van der Waals surface area contributed by atoms with Gasteiger partial charge in [-0.05, 0) is 47.2 Å². The van der Waals surface area contributed by atoms with E-state index in [1.54, 1.807) is 12.5 Å². The first-order chi connectivity index (χ1) is 13.7. The number of hydrogen-bond donors (Lipinski definition) is 1. The summed E-state index contributed by atoms with van der Waals surface area (Å²) in [5, 5.41) is 5.47. The fraction of sp³-hybridized carbons (Fsp3) is 0.273. The first-order valence-electron chi connectivity index (χ1n) is 9.29. The molecule has 1 aliphatic rings. The Morgan fingerprint density at radius 3 is 2.86 bits per heavy atom. The van der Waals surface area contributed by atoms with Gasteiger partial charge in [0.25, 0.3) is 5.91 Å². The van der Waals surface area contributed by atoms with Crippen LogP contribution in [-0.2, 0) is 24.3 Å². The van der Waals surface area contributed by atoms with Crippen molar-refractivity contribution in [2.45, 2.75) is 26.0 Å². The van der Waals surface area contributed by atoms with Gasteiger partial charge in [-0.25, -0.2) is 4.98 Å². The van der Waals surface area contributed by atoms with E-state index in [-0.39, 0.29) is 5.91 Å². The highest BCUT2D eigenvalue weighted by Crippen LogP contribution is 2.30. The summed E-state index contributed by atoms with van der Waals surface area (Å²) in [6.07, 6.45) is 2.14. The SMILES string of the molecule is COCc1nc(C(=O)NCc2ccc(-c3ccc4c(c3)CCCO4)cc2)cs1. The maximum absolute atomic E-state index is 12.2. The highest BCUT2D eigenvalue weighted by molar-refractivity contribution is 7.09. The minimum atomic E-state index is -0.169. The van der Waals surface area contributed by atoms with Gasteiger partial charge in [-0.3, -0.25) is 4.79 Å². The Labute approximate surface area is 168 Å². The zero-order valence-corrected chi connectivity index (χ0v) is 16.6. The molecule has 5 nitrogen and oxygen atoms in total. The van der Waals surface area contributed by atoms with E-state index in [2.05, 4.69) is 40.6 Å². The van der Waals surface area contributed by atoms with Crippen LogP contribution in [0.5, 0.6) is 5.75 Å². The second-order valence-electron chi connectivity index (χ2n) is 6.71. The highest BCUT2D eigenvalue weighted by atomic mass is 32.1. The number of nitrogens with zero attached hydrogens (tertiary/aromatic N) is 1. The van der Waals surface area contributed by atoms with Gasteiger partial charge in [0.2, 0.25) is 0 Å². The molecule has 0 aliphatic carbocycles. The van der Waals surface area contributed by atoms with Crippen molar-refractivity contribution in [2.24, 2.45) is 0 Å². The zero-order chi connectivity index (χ0) is 19.3. The molecule has 1 N–H and O–H groups in total. The van der Waals surface area contributed by atoms with Crippen molar-refractivity contribution >= 4 is 17.2 Å². The van der Waals surface area contributed by atoms with E-state index in [1.165, 1.54) is 22.5 Å². The number of benzene rings is 2. The minimum absolute atomic E-state index is 0.169. The van der Waals surface area contributed by atoms with Crippen molar-refractivity contribution in [1.29, 1.82) is 0 Å². The lowest BCUT2D eigenvalue weighted by Gasteiger charge is -2.18. The molecule has 0 spiro atoms. The quantitative estimate of drug-likeness (QED) is 0.680. The molecule has 6 heteroatoms. The Morgan fingerprint density at radius 2 is 2.04 bits per heavy atom. The number of aryl methyl sites for hydroxylation is 1. The lowest BCUT2D eigenvalue weighted by molar-refractivity contribution is 0.0946. The first-order valence-corrected chi connectivity index (χ1v) is 10.2. The fourth-order valence-corrected chi connectivity index (χ4v) is 3.98. The minimum Gasteiger partial charge on any atom is -0.493 e. The molecule has 3 aromatic rings. The third-order valence-corrected chi connectivity index (χ3v) is 5.52. The molecule has 1 amide bonds. The topological polar surface area (TPSA) is 60.5 Å². The molecule has 0 unspecified atom stereocenters. The summed E-state index contributed by atoms with van der Waals surface area (Å²) in [6.45, 7) is 1.70. The van der Waals surface area contributed by atoms with Crippen molar-refractivity contribution < 1.29 is 14.3 Å². The Balaban J connectivity index is 1.38. The summed E-state index contributed by atoms with van der Waals surface area (Å²) in [7, 11) is 1.61. The summed E-state index contributed by atoms with van der Waals surface area (Å²) < 4.78 is 10.7. The molecule has 28 heavy (non-hydrogen) atoms. The molecule has 0 saturated heterocycles. The highest BCUT2D eigenvalue weighted by Gasteiger charge is 2.12. The molecule has 0 bridgehead atoms. The maximum atomic E-state index is 12.2. The van der Waals surface area contributed by atoms with E-state index in [4.69, 9.17) is 9.47 Å². The Morgan fingerprint density at radius 1 is 1.21 bits per heavy atom. The number of amides is 1. The molecule has 1 aromatic heterocycles. The summed E-state index contributed by atoms with van der Waals surface area (Å²) in [6, 6.07) is 14.6. The molecular formula is C22H22N2O3S. The van der Waals surface area contributed by atoms with Gasteiger partial charge < -0.3 is 14.8 Å². The number of hydrogen-bond acceptors (Lipinski definition) is 5. The van der Waals surface area contributed by atoms with Crippen LogP contribution < -0.4 is 10.1 Å². The second kappa shape index (κ2) is 8.54. The predicted octanol–water partition coefficient (Wildman–Crippen LogP) is 4.21. The molecule has 0 atom stereocenters. The number of aromatic nitrogens is 1. The van der Waals surface area contributed by atoms with Crippen LogP contribution in [0.2, 0.25) is 0 Å². The summed E-state index contributed by atoms with van der Waals surface area (Å²) >= 11 is 1.43. The van der Waals surface area contributed by atoms with Crippen LogP contribution in [0.25, 0.3) is 11.1 Å². The molecule has 2 heterocycles. The lowest BCUT2D eigenvalue weighted by Crippen LogP contribution is -2.23. The molecular weight excluding hydrogens is 372 g/mol. The van der Waals surface area contributed by atoms with Crippen molar-refractivity contribution in [2.75, 3.05) is 13.7 Å². The molecule has 2 aromatic carbocycles. The maximum Gasteiger partial charge on any atom is 0.271 e. The van der Waals surface area contributed by atoms with Crippen LogP contribution in [-0.4, -0.2) is 24.6 Å². The number of fused-ring (bicyclic) bond motifs is 1. The Hall–Kier alpha value is -2.70. The Kier molecular flexibility index (Phi) is 5.69. The van der Waals surface area contributed by atoms with Crippen LogP contribution in [0.4, 0.5) is 0 Å². The van der Waals surface area contributed by atoms with E-state index in [0.717, 1.165) is 41.3 Å². The molecule has 0 fully saturated rings. The smallest absolute Gasteiger partial charge is 0.271 e. The van der Waals surface area contributed by atoms with Crippen LogP contribution in [0, 0.1) is 0 Å². The number of rotatable bonds is 6. The summed E-state index contributed by atoms with van der Waals surface area (Å²) in [4.78, 5) is 16.5. The largest absolute Gasteiger partial charge is 0.493 e. The van der Waals surface area contributed by atoms with E-state index in [1.807, 2.05) is 12.1 Å². The van der Waals surface area contributed by atoms with E-state index < -0.39 is 0 Å². The molecule has 4 rings (SSSR count). The molecule has 0 saturated carbocycles. The fourth-order valence-electron chi connectivity index (χ4n) is 3.23. The number of carbonyl (C=O) groups excluding carboxylic acids is 1. The third-order valence-electron chi connectivity index (χ3n) is 4.70. The van der Waals surface area contributed by atoms with E-state index in [9.17, 15) is 4.79 Å². The van der Waals surface area contributed by atoms with Crippen LogP contribution in [0.15, 0.2) is 47.8 Å². The van der Waals surface area contributed by atoms with Gasteiger partial charge in [0.15, 0.2) is 0 Å². The van der Waals surface area contributed by atoms with Gasteiger partial charge >= 0.3 is 0 Å². The van der Waals surface area contributed by atoms with Gasteiger partial charge in [0.1, 0.15) is 16.5 Å². The zero-order valence-electron chi connectivity index (χ0n) is 15.7. The van der Waals surface area contributed by atoms with Crippen molar-refractivity contribution in [1.82, 2.24) is 10.3 Å². The van der Waals surface area contributed by atoms with Crippen LogP contribution >= 0.6 is 11.3 Å². The van der Waals surface area contributed by atoms with Crippen molar-refractivity contribution in [3.05, 3.63) is 69.7 Å². The standard InChI is InChI=1S/C22H22N2O3S/c1-26-13-21-24-19(14-28-21)22(25)23-12-15-4-6-16(7-5-15)17-8-9-20-18(11-17)3-2-10-27-20/h4-9,11,14H,2-3,10,12-13H2,1H3,(H,23,25). The number of methoxy groups -OCH3 is 1. The van der Waals surface area contributed by atoms with Crippen molar-refractivity contribution in [3.63, 3.8) is 0 Å². The predicted molar refractivity (Wildman–Crippen MR) is 110 cm³/mol. The van der Waals surface area contributed by atoms with Gasteiger partial charge in [-0.15, -0.1) is 11.3 Å². The number of thiazole rings is 1. The summed E-state index contributed by atoms with van der Waals surface area (Å²) in [5.41, 5.74) is 5.10. The van der Waals surface area contributed by atoms with Crippen molar-refractivity contribution in [3.8, 4) is 16.9 Å². The third kappa shape index (κ3) is 4.24. The number of ether oxygens (including phenoxy) is 2. The van der Waals surface area contributed by atoms with E-state index in [0.29, 0.717) is 18.8 Å². The van der Waals surface area contributed by atoms with Gasteiger partial charge in [-0.1, -0.05) is 30.3 Å². The second-order valence-corrected chi connectivity index (χ2v) is 7.66.